The lowest BCUT2D eigenvalue weighted by Gasteiger charge is -2.09. The van der Waals surface area contributed by atoms with Crippen LogP contribution in [0.4, 0.5) is 0 Å². The molecule has 1 N–H and O–H groups in total. The summed E-state index contributed by atoms with van der Waals surface area (Å²) in [4.78, 5) is 16.3. The van der Waals surface area contributed by atoms with E-state index in [0.717, 1.165) is 5.82 Å². The van der Waals surface area contributed by atoms with Crippen LogP contribution in [0.1, 0.15) is 16.2 Å². The van der Waals surface area contributed by atoms with E-state index >= 15 is 0 Å². The first-order valence-corrected chi connectivity index (χ1v) is 6.11. The second kappa shape index (κ2) is 6.10. The number of methoxy groups -OCH3 is 2. The molecule has 0 fully saturated rings. The van der Waals surface area contributed by atoms with E-state index in [-0.39, 0.29) is 5.91 Å². The van der Waals surface area contributed by atoms with E-state index in [1.807, 2.05) is 17.8 Å². The lowest BCUT2D eigenvalue weighted by molar-refractivity contribution is 0.0949. The molecule has 0 spiro atoms. The highest BCUT2D eigenvalue weighted by molar-refractivity contribution is 5.95. The number of hydrogen-bond acceptors (Lipinski definition) is 4. The Morgan fingerprint density at radius 3 is 2.40 bits per heavy atom. The predicted molar refractivity (Wildman–Crippen MR) is 73.9 cm³/mol. The van der Waals surface area contributed by atoms with Crippen LogP contribution in [0.25, 0.3) is 0 Å². The molecule has 2 aromatic rings. The van der Waals surface area contributed by atoms with Gasteiger partial charge in [-0.05, 0) is 12.1 Å². The molecule has 1 amide bonds. The van der Waals surface area contributed by atoms with Crippen LogP contribution in [0.2, 0.25) is 0 Å². The molecule has 106 valence electrons. The van der Waals surface area contributed by atoms with Gasteiger partial charge in [-0.1, -0.05) is 0 Å². The SMILES string of the molecule is COc1cc(OC)cc(C(=O)NCc2nccn2C)c1. The Labute approximate surface area is 117 Å². The molecule has 0 bridgehead atoms. The lowest BCUT2D eigenvalue weighted by Crippen LogP contribution is -2.24. The number of hydrogen-bond donors (Lipinski definition) is 1. The van der Waals surface area contributed by atoms with Gasteiger partial charge in [0, 0.05) is 31.1 Å². The normalized spacial score (nSPS) is 10.2. The Hall–Kier alpha value is -2.50. The van der Waals surface area contributed by atoms with Crippen molar-refractivity contribution in [1.29, 1.82) is 0 Å². The van der Waals surface area contributed by atoms with Gasteiger partial charge in [0.2, 0.25) is 0 Å². The molecule has 0 aliphatic heterocycles. The summed E-state index contributed by atoms with van der Waals surface area (Å²) in [7, 11) is 4.97. The van der Waals surface area contributed by atoms with Crippen LogP contribution in [0.5, 0.6) is 11.5 Å². The highest BCUT2D eigenvalue weighted by Crippen LogP contribution is 2.22. The number of carbonyl (C=O) groups is 1. The van der Waals surface area contributed by atoms with Crippen LogP contribution in [-0.2, 0) is 13.6 Å². The van der Waals surface area contributed by atoms with Crippen LogP contribution in [0.3, 0.4) is 0 Å². The smallest absolute Gasteiger partial charge is 0.251 e. The molecule has 0 aliphatic rings. The quantitative estimate of drug-likeness (QED) is 0.895. The summed E-state index contributed by atoms with van der Waals surface area (Å²) in [6.07, 6.45) is 3.52. The molecular weight excluding hydrogens is 258 g/mol. The van der Waals surface area contributed by atoms with E-state index in [1.54, 1.807) is 38.6 Å². The zero-order valence-electron chi connectivity index (χ0n) is 11.7. The Balaban J connectivity index is 2.10. The van der Waals surface area contributed by atoms with Crippen LogP contribution in [0.15, 0.2) is 30.6 Å². The van der Waals surface area contributed by atoms with Gasteiger partial charge in [-0.15, -0.1) is 0 Å². The molecule has 6 nitrogen and oxygen atoms in total. The number of imidazole rings is 1. The summed E-state index contributed by atoms with van der Waals surface area (Å²) >= 11 is 0. The zero-order chi connectivity index (χ0) is 14.5. The third kappa shape index (κ3) is 3.09. The lowest BCUT2D eigenvalue weighted by atomic mass is 10.2. The number of rotatable bonds is 5. The van der Waals surface area contributed by atoms with Crippen molar-refractivity contribution in [3.05, 3.63) is 42.0 Å². The second-order valence-corrected chi connectivity index (χ2v) is 4.24. The minimum absolute atomic E-state index is 0.204. The van der Waals surface area contributed by atoms with Gasteiger partial charge in [0.15, 0.2) is 0 Å². The van der Waals surface area contributed by atoms with Crippen molar-refractivity contribution >= 4 is 5.91 Å². The van der Waals surface area contributed by atoms with Crippen molar-refractivity contribution < 1.29 is 14.3 Å². The molecule has 1 heterocycles. The van der Waals surface area contributed by atoms with Crippen LogP contribution in [-0.4, -0.2) is 29.7 Å². The average Bonchev–Trinajstić information content (AvgIpc) is 2.89. The number of ether oxygens (including phenoxy) is 2. The Bertz CT molecular complexity index is 585. The summed E-state index contributed by atoms with van der Waals surface area (Å²) in [6, 6.07) is 5.04. The molecule has 6 heteroatoms. The van der Waals surface area contributed by atoms with Gasteiger partial charge in [-0.3, -0.25) is 4.79 Å². The topological polar surface area (TPSA) is 65.4 Å². The summed E-state index contributed by atoms with van der Waals surface area (Å²) in [6.45, 7) is 0.363. The molecule has 2 rings (SSSR count). The molecule has 0 saturated heterocycles. The number of benzene rings is 1. The fourth-order valence-corrected chi connectivity index (χ4v) is 1.77. The van der Waals surface area contributed by atoms with Gasteiger partial charge in [-0.2, -0.15) is 0 Å². The van der Waals surface area contributed by atoms with Crippen molar-refractivity contribution in [2.24, 2.45) is 7.05 Å². The highest BCUT2D eigenvalue weighted by atomic mass is 16.5. The molecule has 0 unspecified atom stereocenters. The monoisotopic (exact) mass is 275 g/mol. The Kier molecular flexibility index (Phi) is 4.24. The largest absolute Gasteiger partial charge is 0.497 e. The molecule has 0 radical (unpaired) electrons. The number of carbonyl (C=O) groups excluding carboxylic acids is 1. The van der Waals surface area contributed by atoms with Crippen LogP contribution < -0.4 is 14.8 Å². The predicted octanol–water partition coefficient (Wildman–Crippen LogP) is 1.37. The van der Waals surface area contributed by atoms with E-state index in [0.29, 0.717) is 23.6 Å². The fourth-order valence-electron chi connectivity index (χ4n) is 1.77. The Morgan fingerprint density at radius 2 is 1.90 bits per heavy atom. The minimum atomic E-state index is -0.204. The van der Waals surface area contributed by atoms with E-state index in [9.17, 15) is 4.79 Å². The first-order valence-electron chi connectivity index (χ1n) is 6.11. The van der Waals surface area contributed by atoms with Gasteiger partial charge >= 0.3 is 0 Å². The maximum atomic E-state index is 12.1. The summed E-state index contributed by atoms with van der Waals surface area (Å²) in [5, 5.41) is 2.81. The van der Waals surface area contributed by atoms with Crippen molar-refractivity contribution in [1.82, 2.24) is 14.9 Å². The molecule has 20 heavy (non-hydrogen) atoms. The van der Waals surface area contributed by atoms with Crippen molar-refractivity contribution in [3.8, 4) is 11.5 Å². The van der Waals surface area contributed by atoms with Crippen LogP contribution in [0, 0.1) is 0 Å². The number of amides is 1. The van der Waals surface area contributed by atoms with E-state index < -0.39 is 0 Å². The van der Waals surface area contributed by atoms with E-state index in [4.69, 9.17) is 9.47 Å². The molecule has 1 aromatic carbocycles. The molecule has 0 atom stereocenters. The molecule has 1 aromatic heterocycles. The second-order valence-electron chi connectivity index (χ2n) is 4.24. The maximum Gasteiger partial charge on any atom is 0.251 e. The van der Waals surface area contributed by atoms with Gasteiger partial charge in [0.25, 0.3) is 5.91 Å². The molecule has 0 aliphatic carbocycles. The summed E-state index contributed by atoms with van der Waals surface area (Å²) in [5.74, 6) is 1.73. The molecular formula is C14H17N3O3. The fraction of sp³-hybridized carbons (Fsp3) is 0.286. The molecule has 0 saturated carbocycles. The number of nitrogens with one attached hydrogen (secondary N) is 1. The first-order chi connectivity index (χ1) is 9.63. The van der Waals surface area contributed by atoms with Gasteiger partial charge in [0.05, 0.1) is 20.8 Å². The van der Waals surface area contributed by atoms with Crippen molar-refractivity contribution in [3.63, 3.8) is 0 Å². The standard InChI is InChI=1S/C14H17N3O3/c1-17-5-4-15-13(17)9-16-14(18)10-6-11(19-2)8-12(7-10)20-3/h4-8H,9H2,1-3H3,(H,16,18). The third-order valence-corrected chi connectivity index (χ3v) is 2.94. The maximum absolute atomic E-state index is 12.1. The zero-order valence-corrected chi connectivity index (χ0v) is 11.7. The highest BCUT2D eigenvalue weighted by Gasteiger charge is 2.10. The van der Waals surface area contributed by atoms with E-state index in [1.165, 1.54) is 0 Å². The number of aryl methyl sites for hydroxylation is 1. The van der Waals surface area contributed by atoms with Crippen LogP contribution >= 0.6 is 0 Å². The number of nitrogens with zero attached hydrogens (tertiary/aromatic N) is 2. The average molecular weight is 275 g/mol. The van der Waals surface area contributed by atoms with Gasteiger partial charge in [0.1, 0.15) is 17.3 Å². The third-order valence-electron chi connectivity index (χ3n) is 2.94. The Morgan fingerprint density at radius 1 is 1.25 bits per heavy atom. The van der Waals surface area contributed by atoms with Crippen molar-refractivity contribution in [2.75, 3.05) is 14.2 Å². The van der Waals surface area contributed by atoms with E-state index in [2.05, 4.69) is 10.3 Å². The van der Waals surface area contributed by atoms with Gasteiger partial charge in [-0.25, -0.2) is 4.98 Å². The first kappa shape index (κ1) is 13.9. The minimum Gasteiger partial charge on any atom is -0.497 e. The van der Waals surface area contributed by atoms with Crippen molar-refractivity contribution in [2.45, 2.75) is 6.54 Å². The van der Waals surface area contributed by atoms with Gasteiger partial charge < -0.3 is 19.4 Å². The summed E-state index contributed by atoms with van der Waals surface area (Å²) < 4.78 is 12.1. The summed E-state index contributed by atoms with van der Waals surface area (Å²) in [5.41, 5.74) is 0.482. The number of aromatic nitrogens is 2.